The molecule has 188 valence electrons. The Kier molecular flexibility index (Phi) is 7.02. The van der Waals surface area contributed by atoms with Gasteiger partial charge >= 0.3 is 0 Å². The minimum Gasteiger partial charge on any atom is -0.289 e. The lowest BCUT2D eigenvalue weighted by molar-refractivity contribution is 0.103. The molecule has 0 saturated carbocycles. The molecule has 0 bridgehead atoms. The van der Waals surface area contributed by atoms with Gasteiger partial charge < -0.3 is 0 Å². The molecule has 0 N–H and O–H groups in total. The highest BCUT2D eigenvalue weighted by molar-refractivity contribution is 6.31. The van der Waals surface area contributed by atoms with Crippen LogP contribution in [0.4, 0.5) is 0 Å². The van der Waals surface area contributed by atoms with Crippen LogP contribution in [0.25, 0.3) is 11.1 Å². The van der Waals surface area contributed by atoms with E-state index in [1.54, 1.807) is 0 Å². The summed E-state index contributed by atoms with van der Waals surface area (Å²) in [5, 5.41) is 1.39. The number of rotatable bonds is 6. The Morgan fingerprint density at radius 1 is 0.590 bits per heavy atom. The quantitative estimate of drug-likeness (QED) is 0.195. The molecule has 6 rings (SSSR count). The molecule has 0 atom stereocenters. The maximum absolute atomic E-state index is 13.2. The van der Waals surface area contributed by atoms with Crippen LogP contribution in [0.15, 0.2) is 139 Å². The maximum atomic E-state index is 13.2. The minimum atomic E-state index is 0.0340. The van der Waals surface area contributed by atoms with E-state index >= 15 is 0 Å². The first-order valence-electron chi connectivity index (χ1n) is 12.8. The van der Waals surface area contributed by atoms with Crippen molar-refractivity contribution in [1.82, 2.24) is 0 Å². The Morgan fingerprint density at radius 3 is 1.72 bits per heavy atom. The van der Waals surface area contributed by atoms with Crippen LogP contribution in [-0.4, -0.2) is 5.78 Å². The molecule has 0 aromatic heterocycles. The smallest absolute Gasteiger partial charge is 0.193 e. The molecule has 5 aromatic rings. The topological polar surface area (TPSA) is 17.1 Å². The average molecular weight is 543 g/mol. The van der Waals surface area contributed by atoms with Crippen molar-refractivity contribution in [3.05, 3.63) is 188 Å². The van der Waals surface area contributed by atoms with Crippen molar-refractivity contribution in [2.45, 2.75) is 6.42 Å². The highest BCUT2D eigenvalue weighted by Gasteiger charge is 2.24. The van der Waals surface area contributed by atoms with Crippen LogP contribution < -0.4 is 0 Å². The third kappa shape index (κ3) is 5.25. The Bertz CT molecular complexity index is 1670. The van der Waals surface area contributed by atoms with Crippen LogP contribution in [-0.2, 0) is 6.42 Å². The molecule has 0 heterocycles. The number of carbonyl (C=O) groups is 1. The Labute approximate surface area is 238 Å². The first kappa shape index (κ1) is 25.1. The zero-order valence-electron chi connectivity index (χ0n) is 21.1. The number of allylic oxidation sites excluding steroid dienone is 2. The minimum absolute atomic E-state index is 0.0340. The molecule has 0 amide bonds. The average Bonchev–Trinajstić information content (AvgIpc) is 3.35. The van der Waals surface area contributed by atoms with Gasteiger partial charge in [0.1, 0.15) is 0 Å². The van der Waals surface area contributed by atoms with E-state index in [0.717, 1.165) is 39.8 Å². The second kappa shape index (κ2) is 10.9. The molecule has 0 fully saturated rings. The van der Waals surface area contributed by atoms with E-state index in [9.17, 15) is 4.79 Å². The highest BCUT2D eigenvalue weighted by Crippen LogP contribution is 2.41. The van der Waals surface area contributed by atoms with Crippen molar-refractivity contribution in [2.75, 3.05) is 0 Å². The lowest BCUT2D eigenvalue weighted by Crippen LogP contribution is -2.02. The number of fused-ring (bicyclic) bond motifs is 1. The summed E-state index contributed by atoms with van der Waals surface area (Å²) in [6.45, 7) is 0. The Morgan fingerprint density at radius 2 is 1.13 bits per heavy atom. The molecule has 39 heavy (non-hydrogen) atoms. The van der Waals surface area contributed by atoms with E-state index in [0.29, 0.717) is 21.2 Å². The van der Waals surface area contributed by atoms with E-state index in [4.69, 9.17) is 23.2 Å². The van der Waals surface area contributed by atoms with Gasteiger partial charge in [-0.25, -0.2) is 0 Å². The first-order chi connectivity index (χ1) is 19.1. The number of benzene rings is 5. The van der Waals surface area contributed by atoms with Gasteiger partial charge in [0.15, 0.2) is 5.78 Å². The molecule has 0 radical (unpaired) electrons. The maximum Gasteiger partial charge on any atom is 0.193 e. The van der Waals surface area contributed by atoms with E-state index in [1.807, 2.05) is 91.0 Å². The zero-order chi connectivity index (χ0) is 26.8. The van der Waals surface area contributed by atoms with Crippen molar-refractivity contribution in [2.24, 2.45) is 0 Å². The summed E-state index contributed by atoms with van der Waals surface area (Å²) in [6.07, 6.45) is 2.99. The second-order valence-corrected chi connectivity index (χ2v) is 10.5. The third-order valence-electron chi connectivity index (χ3n) is 7.07. The molecule has 1 nitrogen and oxygen atoms in total. The van der Waals surface area contributed by atoms with Gasteiger partial charge in [0.2, 0.25) is 0 Å². The summed E-state index contributed by atoms with van der Waals surface area (Å²) >= 11 is 12.5. The van der Waals surface area contributed by atoms with Gasteiger partial charge in [-0.05, 0) is 87.4 Å². The van der Waals surface area contributed by atoms with Crippen LogP contribution >= 0.6 is 23.2 Å². The highest BCUT2D eigenvalue weighted by atomic mass is 35.5. The van der Waals surface area contributed by atoms with Gasteiger partial charge in [0.25, 0.3) is 0 Å². The van der Waals surface area contributed by atoms with Crippen molar-refractivity contribution >= 4 is 40.1 Å². The van der Waals surface area contributed by atoms with Gasteiger partial charge in [0.05, 0.1) is 0 Å². The van der Waals surface area contributed by atoms with Gasteiger partial charge in [-0.15, -0.1) is 0 Å². The van der Waals surface area contributed by atoms with Gasteiger partial charge in [-0.2, -0.15) is 0 Å². The van der Waals surface area contributed by atoms with Crippen LogP contribution in [0.5, 0.6) is 0 Å². The molecular weight excluding hydrogens is 519 g/mol. The van der Waals surface area contributed by atoms with E-state index < -0.39 is 0 Å². The molecule has 0 unspecified atom stereocenters. The van der Waals surface area contributed by atoms with Crippen LogP contribution in [0.3, 0.4) is 0 Å². The molecule has 5 aromatic carbocycles. The number of ketones is 1. The molecule has 1 aliphatic carbocycles. The predicted molar refractivity (Wildman–Crippen MR) is 162 cm³/mol. The summed E-state index contributed by atoms with van der Waals surface area (Å²) in [7, 11) is 0. The van der Waals surface area contributed by atoms with E-state index in [1.165, 1.54) is 11.1 Å². The third-order valence-corrected chi connectivity index (χ3v) is 7.57. The van der Waals surface area contributed by atoms with E-state index in [-0.39, 0.29) is 5.78 Å². The molecular formula is C36H24Cl2O. The molecule has 0 aliphatic heterocycles. The van der Waals surface area contributed by atoms with Crippen molar-refractivity contribution < 1.29 is 4.79 Å². The first-order valence-corrected chi connectivity index (χ1v) is 13.6. The number of halogens is 2. The van der Waals surface area contributed by atoms with Crippen LogP contribution in [0.1, 0.15) is 43.7 Å². The summed E-state index contributed by atoms with van der Waals surface area (Å²) in [5.41, 5.74) is 10.4. The fourth-order valence-corrected chi connectivity index (χ4v) is 5.44. The van der Waals surface area contributed by atoms with Crippen LogP contribution in [0.2, 0.25) is 10.0 Å². The molecule has 0 spiro atoms. The Hall–Kier alpha value is -4.17. The second-order valence-electron chi connectivity index (χ2n) is 9.58. The number of carbonyl (C=O) groups excluding carboxylic acids is 1. The van der Waals surface area contributed by atoms with Crippen molar-refractivity contribution in [1.29, 1.82) is 0 Å². The molecule has 0 saturated heterocycles. The SMILES string of the molecule is O=C(c1ccccc1)c1ccc2c(c1)CC(C=C(c1ccc(Cl)cc1)c1ccc(Cl)cc1)=C2c1ccccc1. The fourth-order valence-electron chi connectivity index (χ4n) is 5.18. The standard InChI is InChI=1S/C36H24Cl2O/c37-31-16-11-24(12-17-31)34(25-13-18-32(38)19-14-25)23-30-22-29-21-28(36(39)27-9-5-2-6-10-27)15-20-33(29)35(30)26-7-3-1-4-8-26/h1-21,23H,22H2. The largest absolute Gasteiger partial charge is 0.289 e. The van der Waals surface area contributed by atoms with Gasteiger partial charge in [-0.3, -0.25) is 4.79 Å². The lowest BCUT2D eigenvalue weighted by Gasteiger charge is -2.12. The summed E-state index contributed by atoms with van der Waals surface area (Å²) < 4.78 is 0. The normalized spacial score (nSPS) is 12.3. The van der Waals surface area contributed by atoms with Crippen molar-refractivity contribution in [3.63, 3.8) is 0 Å². The summed E-state index contributed by atoms with van der Waals surface area (Å²) in [5.74, 6) is 0.0340. The van der Waals surface area contributed by atoms with Crippen LogP contribution in [0, 0.1) is 0 Å². The number of hydrogen-bond acceptors (Lipinski definition) is 1. The van der Waals surface area contributed by atoms with Crippen molar-refractivity contribution in [3.8, 4) is 0 Å². The predicted octanol–water partition coefficient (Wildman–Crippen LogP) is 9.71. The number of hydrogen-bond donors (Lipinski definition) is 0. The van der Waals surface area contributed by atoms with Gasteiger partial charge in [0, 0.05) is 21.2 Å². The monoisotopic (exact) mass is 542 g/mol. The van der Waals surface area contributed by atoms with E-state index in [2.05, 4.69) is 42.5 Å². The van der Waals surface area contributed by atoms with Gasteiger partial charge in [-0.1, -0.05) is 120 Å². The zero-order valence-corrected chi connectivity index (χ0v) is 22.6. The Balaban J connectivity index is 1.50. The molecule has 1 aliphatic rings. The fraction of sp³-hybridized carbons (Fsp3) is 0.0278. The lowest BCUT2D eigenvalue weighted by atomic mass is 9.92. The molecule has 3 heteroatoms. The summed E-state index contributed by atoms with van der Waals surface area (Å²) in [4.78, 5) is 13.2. The summed E-state index contributed by atoms with van der Waals surface area (Å²) in [6, 6.07) is 41.8.